The molecule has 218 valence electrons. The average Bonchev–Trinajstić information content (AvgIpc) is 3.16. The van der Waals surface area contributed by atoms with Gasteiger partial charge in [0.15, 0.2) is 11.9 Å². The summed E-state index contributed by atoms with van der Waals surface area (Å²) in [5.74, 6) is -0.339. The molecule has 1 aliphatic carbocycles. The SMILES string of the molecule is C[C@H]1[C@H](OC(=O)CCC(=O)N2C[C@H]3C[C@@H](C2)c2cccc(=O)n2C3)O[C@@H]2O[C@@]3(C)CC[C@H]4[C@H](C)CC[C@@H]1[C@@]24OO3. The predicted octanol–water partition coefficient (Wildman–Crippen LogP) is 3.33. The number of fused-ring (bicyclic) bond motifs is 6. The number of ether oxygens (including phenoxy) is 3. The van der Waals surface area contributed by atoms with Crippen LogP contribution in [0.3, 0.4) is 0 Å². The molecule has 10 atom stereocenters. The fourth-order valence-corrected chi connectivity index (χ4v) is 8.66. The van der Waals surface area contributed by atoms with Crippen LogP contribution in [0, 0.1) is 29.6 Å². The van der Waals surface area contributed by atoms with Crippen LogP contribution in [-0.2, 0) is 40.1 Å². The lowest BCUT2D eigenvalue weighted by atomic mass is 9.58. The number of carbonyl (C=O) groups is 2. The van der Waals surface area contributed by atoms with E-state index >= 15 is 0 Å². The fraction of sp³-hybridized carbons (Fsp3) is 0.767. The topological polar surface area (TPSA) is 106 Å². The van der Waals surface area contributed by atoms with Gasteiger partial charge in [-0.25, -0.2) is 9.78 Å². The molecule has 0 N–H and O–H groups in total. The molecule has 5 saturated heterocycles. The van der Waals surface area contributed by atoms with Gasteiger partial charge in [0.1, 0.15) is 0 Å². The summed E-state index contributed by atoms with van der Waals surface area (Å²) in [6.45, 7) is 7.99. The van der Waals surface area contributed by atoms with Crippen molar-refractivity contribution in [1.82, 2.24) is 9.47 Å². The smallest absolute Gasteiger partial charge is 0.308 e. The first-order chi connectivity index (χ1) is 19.2. The van der Waals surface area contributed by atoms with Gasteiger partial charge in [-0.05, 0) is 56.4 Å². The van der Waals surface area contributed by atoms with Crippen LogP contribution < -0.4 is 5.56 Å². The molecule has 40 heavy (non-hydrogen) atoms. The molecule has 0 aromatic carbocycles. The van der Waals surface area contributed by atoms with Crippen molar-refractivity contribution in [3.05, 3.63) is 34.2 Å². The molecule has 7 heterocycles. The van der Waals surface area contributed by atoms with Crippen molar-refractivity contribution < 1.29 is 33.6 Å². The Balaban J connectivity index is 0.990. The number of hydrogen-bond acceptors (Lipinski definition) is 8. The number of rotatable bonds is 4. The Labute approximate surface area is 234 Å². The van der Waals surface area contributed by atoms with Crippen molar-refractivity contribution >= 4 is 11.9 Å². The van der Waals surface area contributed by atoms with Gasteiger partial charge >= 0.3 is 5.97 Å². The molecule has 1 aromatic heterocycles. The van der Waals surface area contributed by atoms with Gasteiger partial charge < -0.3 is 23.7 Å². The minimum absolute atomic E-state index is 0.00832. The summed E-state index contributed by atoms with van der Waals surface area (Å²) in [6.07, 6.45) is 3.26. The number of likely N-dealkylation sites (tertiary alicyclic amines) is 1. The van der Waals surface area contributed by atoms with E-state index in [-0.39, 0.29) is 53.9 Å². The molecule has 10 heteroatoms. The van der Waals surface area contributed by atoms with E-state index in [4.69, 9.17) is 24.0 Å². The molecule has 0 unspecified atom stereocenters. The minimum Gasteiger partial charge on any atom is -0.435 e. The van der Waals surface area contributed by atoms with Crippen LogP contribution in [-0.4, -0.2) is 58.4 Å². The molecule has 1 amide bonds. The van der Waals surface area contributed by atoms with E-state index in [0.29, 0.717) is 25.6 Å². The third-order valence-corrected chi connectivity index (χ3v) is 10.7. The largest absolute Gasteiger partial charge is 0.435 e. The van der Waals surface area contributed by atoms with E-state index in [1.807, 2.05) is 29.4 Å². The van der Waals surface area contributed by atoms with Crippen LogP contribution in [0.4, 0.5) is 0 Å². The van der Waals surface area contributed by atoms with E-state index in [1.54, 1.807) is 12.1 Å². The summed E-state index contributed by atoms with van der Waals surface area (Å²) in [5, 5.41) is 0. The van der Waals surface area contributed by atoms with Crippen molar-refractivity contribution in [3.63, 3.8) is 0 Å². The second kappa shape index (κ2) is 9.64. The van der Waals surface area contributed by atoms with Crippen LogP contribution in [0.15, 0.2) is 23.0 Å². The lowest BCUT2D eigenvalue weighted by Gasteiger charge is -2.59. The molecule has 8 rings (SSSR count). The highest BCUT2D eigenvalue weighted by Crippen LogP contribution is 2.60. The Morgan fingerprint density at radius 1 is 1.05 bits per heavy atom. The molecule has 1 spiro atoms. The normalized spacial score (nSPS) is 43.3. The average molecular weight is 557 g/mol. The number of piperidine rings is 1. The quantitative estimate of drug-likeness (QED) is 0.411. The van der Waals surface area contributed by atoms with Crippen LogP contribution in [0.1, 0.15) is 77.3 Å². The molecule has 10 nitrogen and oxygen atoms in total. The zero-order valence-corrected chi connectivity index (χ0v) is 23.6. The maximum Gasteiger partial charge on any atom is 0.308 e. The Kier molecular flexibility index (Phi) is 6.42. The number of amides is 1. The number of carbonyl (C=O) groups excluding carboxylic acids is 2. The van der Waals surface area contributed by atoms with Gasteiger partial charge in [-0.1, -0.05) is 19.9 Å². The molecule has 0 radical (unpaired) electrons. The van der Waals surface area contributed by atoms with E-state index in [2.05, 4.69) is 6.92 Å². The van der Waals surface area contributed by atoms with Crippen molar-refractivity contribution in [1.29, 1.82) is 0 Å². The maximum atomic E-state index is 13.2. The first-order valence-electron chi connectivity index (χ1n) is 15.0. The standard InChI is InChI=1S/C30H40N2O8/c1-17-7-8-22-18(2)27(37-28-30(22)21(17)11-12-29(3,38-28)39-40-30)36-26(35)10-9-24(33)31-14-19-13-20(16-31)23-5-4-6-25(34)32(23)15-19/h4-6,17-22,27-28H,7-16H2,1-3H3/t17-,18-,19-,20+,21+,22+,27-,28-,29-,30-/m1/s1. The lowest BCUT2D eigenvalue weighted by Crippen LogP contribution is -2.70. The number of pyridine rings is 1. The highest BCUT2D eigenvalue weighted by Gasteiger charge is 2.69. The Bertz CT molecular complexity index is 1250. The van der Waals surface area contributed by atoms with Crippen molar-refractivity contribution in [3.8, 4) is 0 Å². The molecule has 6 aliphatic heterocycles. The van der Waals surface area contributed by atoms with Crippen molar-refractivity contribution in [2.75, 3.05) is 13.1 Å². The van der Waals surface area contributed by atoms with Gasteiger partial charge in [0.05, 0.1) is 6.42 Å². The predicted molar refractivity (Wildman–Crippen MR) is 140 cm³/mol. The molecule has 1 saturated carbocycles. The summed E-state index contributed by atoms with van der Waals surface area (Å²) >= 11 is 0. The van der Waals surface area contributed by atoms with Gasteiger partial charge in [0, 0.05) is 62.0 Å². The molecular weight excluding hydrogens is 516 g/mol. The number of aromatic nitrogens is 1. The van der Waals surface area contributed by atoms with Gasteiger partial charge in [-0.2, -0.15) is 0 Å². The van der Waals surface area contributed by atoms with E-state index in [0.717, 1.165) is 37.8 Å². The highest BCUT2D eigenvalue weighted by atomic mass is 17.3. The molecular formula is C30H40N2O8. The Morgan fingerprint density at radius 2 is 1.90 bits per heavy atom. The zero-order chi connectivity index (χ0) is 27.8. The fourth-order valence-electron chi connectivity index (χ4n) is 8.66. The maximum absolute atomic E-state index is 13.2. The molecule has 1 aromatic rings. The first-order valence-corrected chi connectivity index (χ1v) is 15.0. The van der Waals surface area contributed by atoms with Crippen molar-refractivity contribution in [2.45, 2.75) is 102 Å². The molecule has 7 aliphatic rings. The number of esters is 1. The molecule has 6 fully saturated rings. The monoisotopic (exact) mass is 556 g/mol. The summed E-state index contributed by atoms with van der Waals surface area (Å²) in [7, 11) is 0. The van der Waals surface area contributed by atoms with Crippen LogP contribution in [0.25, 0.3) is 0 Å². The lowest BCUT2D eigenvalue weighted by molar-refractivity contribution is -0.576. The Hall–Kier alpha value is -2.27. The number of hydrogen-bond donors (Lipinski definition) is 0. The Morgan fingerprint density at radius 3 is 2.75 bits per heavy atom. The van der Waals surface area contributed by atoms with E-state index in [1.165, 1.54) is 0 Å². The van der Waals surface area contributed by atoms with Gasteiger partial charge in [0.2, 0.25) is 18.0 Å². The van der Waals surface area contributed by atoms with Gasteiger partial charge in [0.25, 0.3) is 5.56 Å². The zero-order valence-electron chi connectivity index (χ0n) is 23.6. The van der Waals surface area contributed by atoms with E-state index < -0.39 is 29.9 Å². The van der Waals surface area contributed by atoms with Crippen LogP contribution in [0.5, 0.6) is 0 Å². The molecule has 4 bridgehead atoms. The second-order valence-corrected chi connectivity index (χ2v) is 13.3. The van der Waals surface area contributed by atoms with E-state index in [9.17, 15) is 14.4 Å². The summed E-state index contributed by atoms with van der Waals surface area (Å²) in [4.78, 5) is 52.3. The summed E-state index contributed by atoms with van der Waals surface area (Å²) in [5.41, 5.74) is 0.314. The highest BCUT2D eigenvalue weighted by molar-refractivity contribution is 5.81. The van der Waals surface area contributed by atoms with Crippen LogP contribution >= 0.6 is 0 Å². The third kappa shape index (κ3) is 4.16. The van der Waals surface area contributed by atoms with Gasteiger partial charge in [-0.15, -0.1) is 0 Å². The van der Waals surface area contributed by atoms with Crippen molar-refractivity contribution in [2.24, 2.45) is 29.6 Å². The number of nitrogens with zero attached hydrogens (tertiary/aromatic N) is 2. The third-order valence-electron chi connectivity index (χ3n) is 10.7. The first kappa shape index (κ1) is 26.6. The summed E-state index contributed by atoms with van der Waals surface area (Å²) in [6, 6.07) is 5.37. The second-order valence-electron chi connectivity index (χ2n) is 13.3. The van der Waals surface area contributed by atoms with Crippen LogP contribution in [0.2, 0.25) is 0 Å². The summed E-state index contributed by atoms with van der Waals surface area (Å²) < 4.78 is 20.4. The minimum atomic E-state index is -0.889. The van der Waals surface area contributed by atoms with Gasteiger partial charge in [-0.3, -0.25) is 14.4 Å².